The molecule has 0 heterocycles. The maximum Gasteiger partial charge on any atom is 0.0558 e. The van der Waals surface area contributed by atoms with Gasteiger partial charge in [-0.1, -0.05) is 18.2 Å². The number of rotatable bonds is 3. The summed E-state index contributed by atoms with van der Waals surface area (Å²) < 4.78 is 0. The molecule has 1 N–H and O–H groups in total. The summed E-state index contributed by atoms with van der Waals surface area (Å²) in [5, 5.41) is 8.87. The molecule has 0 aliphatic heterocycles. The second kappa shape index (κ2) is 4.11. The van der Waals surface area contributed by atoms with Crippen LogP contribution in [0.4, 0.5) is 0 Å². The minimum Gasteiger partial charge on any atom is -0.395 e. The molecule has 2 nitrogen and oxygen atoms in total. The van der Waals surface area contributed by atoms with Gasteiger partial charge in [-0.3, -0.25) is 0 Å². The van der Waals surface area contributed by atoms with Crippen molar-refractivity contribution in [3.63, 3.8) is 0 Å². The molecule has 1 radical (unpaired) electrons. The van der Waals surface area contributed by atoms with Crippen molar-refractivity contribution in [1.82, 2.24) is 4.90 Å². The third-order valence-electron chi connectivity index (χ3n) is 3.04. The average Bonchev–Trinajstić information content (AvgIpc) is 2.61. The Labute approximate surface area is 85.2 Å². The van der Waals surface area contributed by atoms with Crippen molar-refractivity contribution in [2.75, 3.05) is 20.2 Å². The minimum absolute atomic E-state index is 0.246. The SMILES string of the molecule is CN(CCO)C1Cc2c[c]ccc2C1. The second-order valence-corrected chi connectivity index (χ2v) is 3.96. The van der Waals surface area contributed by atoms with Gasteiger partial charge in [0.15, 0.2) is 0 Å². The number of hydrogen-bond acceptors (Lipinski definition) is 2. The van der Waals surface area contributed by atoms with Gasteiger partial charge in [0.05, 0.1) is 6.61 Å². The third kappa shape index (κ3) is 1.81. The van der Waals surface area contributed by atoms with E-state index in [-0.39, 0.29) is 6.61 Å². The van der Waals surface area contributed by atoms with Crippen LogP contribution in [0.2, 0.25) is 0 Å². The van der Waals surface area contributed by atoms with Crippen LogP contribution in [-0.4, -0.2) is 36.2 Å². The van der Waals surface area contributed by atoms with Crippen molar-refractivity contribution >= 4 is 0 Å². The van der Waals surface area contributed by atoms with E-state index < -0.39 is 0 Å². The molecule has 0 bridgehead atoms. The van der Waals surface area contributed by atoms with Crippen LogP contribution in [0.15, 0.2) is 18.2 Å². The van der Waals surface area contributed by atoms with Gasteiger partial charge in [0, 0.05) is 12.6 Å². The van der Waals surface area contributed by atoms with Crippen molar-refractivity contribution < 1.29 is 5.11 Å². The van der Waals surface area contributed by atoms with Gasteiger partial charge in [0.25, 0.3) is 0 Å². The summed E-state index contributed by atoms with van der Waals surface area (Å²) in [7, 11) is 2.08. The van der Waals surface area contributed by atoms with E-state index in [1.807, 2.05) is 6.07 Å². The molecule has 0 saturated carbocycles. The van der Waals surface area contributed by atoms with Crippen molar-refractivity contribution in [2.45, 2.75) is 18.9 Å². The van der Waals surface area contributed by atoms with Gasteiger partial charge in [-0.25, -0.2) is 0 Å². The summed E-state index contributed by atoms with van der Waals surface area (Å²) in [5.74, 6) is 0. The molecule has 0 amide bonds. The first-order valence-electron chi connectivity index (χ1n) is 5.10. The first-order valence-corrected chi connectivity index (χ1v) is 5.10. The molecule has 1 unspecified atom stereocenters. The number of likely N-dealkylation sites (N-methyl/N-ethyl adjacent to an activating group) is 1. The number of nitrogens with zero attached hydrogens (tertiary/aromatic N) is 1. The molecule has 75 valence electrons. The fourth-order valence-electron chi connectivity index (χ4n) is 2.12. The highest BCUT2D eigenvalue weighted by atomic mass is 16.3. The van der Waals surface area contributed by atoms with Crippen LogP contribution in [0.3, 0.4) is 0 Å². The molecule has 1 aromatic carbocycles. The van der Waals surface area contributed by atoms with Gasteiger partial charge in [0.2, 0.25) is 0 Å². The maximum atomic E-state index is 8.87. The van der Waals surface area contributed by atoms with Crippen molar-refractivity contribution in [2.24, 2.45) is 0 Å². The Morgan fingerprint density at radius 3 is 3.00 bits per heavy atom. The molecule has 0 spiro atoms. The van der Waals surface area contributed by atoms with Crippen LogP contribution < -0.4 is 0 Å². The topological polar surface area (TPSA) is 23.5 Å². The fourth-order valence-corrected chi connectivity index (χ4v) is 2.12. The summed E-state index contributed by atoms with van der Waals surface area (Å²) in [5.41, 5.74) is 2.86. The number of aliphatic hydroxyl groups is 1. The quantitative estimate of drug-likeness (QED) is 0.764. The Hall–Kier alpha value is -0.860. The molecule has 14 heavy (non-hydrogen) atoms. The number of hydrogen-bond donors (Lipinski definition) is 1. The van der Waals surface area contributed by atoms with E-state index in [2.05, 4.69) is 30.1 Å². The summed E-state index contributed by atoms with van der Waals surface area (Å²) >= 11 is 0. The zero-order valence-electron chi connectivity index (χ0n) is 8.53. The van der Waals surface area contributed by atoms with Crippen LogP contribution >= 0.6 is 0 Å². The van der Waals surface area contributed by atoms with E-state index in [4.69, 9.17) is 5.11 Å². The largest absolute Gasteiger partial charge is 0.395 e. The van der Waals surface area contributed by atoms with E-state index >= 15 is 0 Å². The zero-order chi connectivity index (χ0) is 9.97. The summed E-state index contributed by atoms with van der Waals surface area (Å²) in [6, 6.07) is 9.90. The van der Waals surface area contributed by atoms with E-state index in [1.54, 1.807) is 0 Å². The Morgan fingerprint density at radius 1 is 1.50 bits per heavy atom. The lowest BCUT2D eigenvalue weighted by Crippen LogP contribution is -2.34. The Bertz CT molecular complexity index is 286. The van der Waals surface area contributed by atoms with Gasteiger partial charge in [-0.05, 0) is 37.1 Å². The van der Waals surface area contributed by atoms with Crippen LogP contribution in [0.25, 0.3) is 0 Å². The monoisotopic (exact) mass is 190 g/mol. The molecule has 2 rings (SSSR count). The van der Waals surface area contributed by atoms with E-state index in [9.17, 15) is 0 Å². The van der Waals surface area contributed by atoms with E-state index in [0.29, 0.717) is 6.04 Å². The molecule has 0 aromatic heterocycles. The van der Waals surface area contributed by atoms with Gasteiger partial charge >= 0.3 is 0 Å². The molecular formula is C12H16NO. The molecule has 0 fully saturated rings. The highest BCUT2D eigenvalue weighted by Crippen LogP contribution is 2.24. The first-order chi connectivity index (χ1) is 6.81. The summed E-state index contributed by atoms with van der Waals surface area (Å²) in [6.07, 6.45) is 2.21. The standard InChI is InChI=1S/C12H16NO/c1-13(6-7-14)12-8-10-4-2-3-5-11(10)9-12/h2,4-5,12,14H,6-9H2,1H3. The second-order valence-electron chi connectivity index (χ2n) is 3.96. The molecule has 2 heteroatoms. The summed E-state index contributed by atoms with van der Waals surface area (Å²) in [4.78, 5) is 2.24. The lowest BCUT2D eigenvalue weighted by Gasteiger charge is -2.22. The normalized spacial score (nSPS) is 16.2. The molecule has 0 saturated heterocycles. The predicted molar refractivity (Wildman–Crippen MR) is 56.2 cm³/mol. The molecule has 1 aliphatic carbocycles. The Morgan fingerprint density at radius 2 is 2.29 bits per heavy atom. The molecule has 1 atom stereocenters. The van der Waals surface area contributed by atoms with E-state index in [1.165, 1.54) is 11.1 Å². The van der Waals surface area contributed by atoms with Crippen LogP contribution in [-0.2, 0) is 12.8 Å². The lowest BCUT2D eigenvalue weighted by molar-refractivity contribution is 0.183. The highest BCUT2D eigenvalue weighted by molar-refractivity contribution is 5.32. The lowest BCUT2D eigenvalue weighted by atomic mass is 10.1. The summed E-state index contributed by atoms with van der Waals surface area (Å²) in [6.45, 7) is 1.01. The average molecular weight is 190 g/mol. The number of benzene rings is 1. The van der Waals surface area contributed by atoms with Crippen LogP contribution in [0, 0.1) is 6.07 Å². The highest BCUT2D eigenvalue weighted by Gasteiger charge is 2.23. The number of fused-ring (bicyclic) bond motifs is 1. The molecular weight excluding hydrogens is 174 g/mol. The predicted octanol–water partition coefficient (Wildman–Crippen LogP) is 0.878. The third-order valence-corrected chi connectivity index (χ3v) is 3.04. The van der Waals surface area contributed by atoms with Gasteiger partial charge in [-0.15, -0.1) is 0 Å². The Kier molecular flexibility index (Phi) is 2.85. The van der Waals surface area contributed by atoms with Gasteiger partial charge < -0.3 is 10.0 Å². The van der Waals surface area contributed by atoms with Gasteiger partial charge in [0.1, 0.15) is 0 Å². The fraction of sp³-hybridized carbons (Fsp3) is 0.500. The maximum absolute atomic E-state index is 8.87. The number of aliphatic hydroxyl groups excluding tert-OH is 1. The smallest absolute Gasteiger partial charge is 0.0558 e. The minimum atomic E-state index is 0.246. The zero-order valence-corrected chi connectivity index (χ0v) is 8.53. The van der Waals surface area contributed by atoms with Crippen LogP contribution in [0.5, 0.6) is 0 Å². The van der Waals surface area contributed by atoms with E-state index in [0.717, 1.165) is 19.4 Å². The molecule has 1 aromatic rings. The Balaban J connectivity index is 2.04. The van der Waals surface area contributed by atoms with Crippen molar-refractivity contribution in [1.29, 1.82) is 0 Å². The van der Waals surface area contributed by atoms with Crippen molar-refractivity contribution in [3.8, 4) is 0 Å². The van der Waals surface area contributed by atoms with Crippen molar-refractivity contribution in [3.05, 3.63) is 35.4 Å². The van der Waals surface area contributed by atoms with Gasteiger partial charge in [-0.2, -0.15) is 0 Å². The van der Waals surface area contributed by atoms with Crippen LogP contribution in [0.1, 0.15) is 11.1 Å². The molecule has 1 aliphatic rings. The first kappa shape index (κ1) is 9.69.